The van der Waals surface area contributed by atoms with E-state index in [-0.39, 0.29) is 0 Å². The topological polar surface area (TPSA) is 53.1 Å². The summed E-state index contributed by atoms with van der Waals surface area (Å²) >= 11 is 0. The van der Waals surface area contributed by atoms with Gasteiger partial charge in [-0.2, -0.15) is 0 Å². The highest BCUT2D eigenvalue weighted by Crippen LogP contribution is 2.05. The third-order valence-corrected chi connectivity index (χ3v) is 3.81. The summed E-state index contributed by atoms with van der Waals surface area (Å²) in [5.74, 6) is 0. The van der Waals surface area contributed by atoms with Crippen LogP contribution in [0.25, 0.3) is 0 Å². The Kier molecular flexibility index (Phi) is 14.3. The summed E-state index contributed by atoms with van der Waals surface area (Å²) in [7, 11) is 0. The zero-order chi connectivity index (χ0) is 17.3. The number of hydrogen-bond acceptors (Lipinski definition) is 4. The molecule has 0 aromatic heterocycles. The predicted octanol–water partition coefficient (Wildman–Crippen LogP) is 1.58. The first kappa shape index (κ1) is 21.4. The standard InChI is InChI=1S/C6H11NO.C6H13N.C5H9NO2/c8-6-7-4-2-1-3-5-7;1-4-7(5-2)6-3;7-5-6-1-3-8-4-2-6/h6H,1-5H2;4H,1,5-6H2,2-3H3;5H,1-4H2. The quantitative estimate of drug-likeness (QED) is 0.720. The molecule has 23 heavy (non-hydrogen) atoms. The first-order chi connectivity index (χ1) is 11.2. The molecule has 6 nitrogen and oxygen atoms in total. The van der Waals surface area contributed by atoms with Crippen LogP contribution in [-0.2, 0) is 14.3 Å². The van der Waals surface area contributed by atoms with Crippen LogP contribution in [0.2, 0.25) is 0 Å². The molecule has 0 radical (unpaired) electrons. The smallest absolute Gasteiger partial charge is 0.209 e. The molecular weight excluding hydrogens is 294 g/mol. The van der Waals surface area contributed by atoms with Gasteiger partial charge in [-0.25, -0.2) is 0 Å². The monoisotopic (exact) mass is 327 g/mol. The Bertz CT molecular complexity index is 275. The Morgan fingerprint density at radius 1 is 0.913 bits per heavy atom. The van der Waals surface area contributed by atoms with Crippen LogP contribution in [0.5, 0.6) is 0 Å². The molecule has 0 unspecified atom stereocenters. The fraction of sp³-hybridized carbons (Fsp3) is 0.765. The number of amides is 2. The van der Waals surface area contributed by atoms with E-state index >= 15 is 0 Å². The fourth-order valence-electron chi connectivity index (χ4n) is 2.19. The SMILES string of the molecule is C=CN(CC)CC.O=CN1CCCCC1.O=CN1CCOCC1. The normalized spacial score (nSPS) is 17.0. The maximum Gasteiger partial charge on any atom is 0.209 e. The number of rotatable bonds is 5. The van der Waals surface area contributed by atoms with Gasteiger partial charge >= 0.3 is 0 Å². The maximum atomic E-state index is 10.1. The molecule has 0 spiro atoms. The average Bonchev–Trinajstić information content (AvgIpc) is 2.65. The lowest BCUT2D eigenvalue weighted by Crippen LogP contribution is -2.34. The third-order valence-electron chi connectivity index (χ3n) is 3.81. The number of carbonyl (C=O) groups is 2. The molecule has 2 aliphatic rings. The van der Waals surface area contributed by atoms with E-state index in [9.17, 15) is 9.59 Å². The third kappa shape index (κ3) is 11.6. The number of nitrogens with zero attached hydrogens (tertiary/aromatic N) is 3. The van der Waals surface area contributed by atoms with E-state index in [1.807, 2.05) is 11.1 Å². The number of likely N-dealkylation sites (tertiary alicyclic amines) is 1. The Labute approximate surface area is 141 Å². The van der Waals surface area contributed by atoms with Gasteiger partial charge in [0.05, 0.1) is 13.2 Å². The summed E-state index contributed by atoms with van der Waals surface area (Å²) in [5.41, 5.74) is 0. The second-order valence-electron chi connectivity index (χ2n) is 5.36. The maximum absolute atomic E-state index is 10.1. The van der Waals surface area contributed by atoms with Crippen LogP contribution < -0.4 is 0 Å². The van der Waals surface area contributed by atoms with Crippen molar-refractivity contribution in [1.29, 1.82) is 0 Å². The molecule has 6 heteroatoms. The van der Waals surface area contributed by atoms with Crippen LogP contribution in [0.3, 0.4) is 0 Å². The molecule has 0 aromatic rings. The van der Waals surface area contributed by atoms with Crippen molar-refractivity contribution >= 4 is 12.8 Å². The molecule has 2 saturated heterocycles. The second kappa shape index (κ2) is 15.3. The molecule has 0 aromatic carbocycles. The molecule has 0 aliphatic carbocycles. The molecule has 2 heterocycles. The van der Waals surface area contributed by atoms with Gasteiger partial charge in [-0.05, 0) is 39.3 Å². The minimum Gasteiger partial charge on any atom is -0.378 e. The Morgan fingerprint density at radius 2 is 1.39 bits per heavy atom. The zero-order valence-electron chi connectivity index (χ0n) is 14.8. The van der Waals surface area contributed by atoms with Crippen LogP contribution in [0, 0.1) is 0 Å². The Balaban J connectivity index is 0.000000317. The molecular formula is C17H33N3O3. The second-order valence-corrected chi connectivity index (χ2v) is 5.36. The lowest BCUT2D eigenvalue weighted by Gasteiger charge is -2.21. The van der Waals surface area contributed by atoms with Gasteiger partial charge in [0, 0.05) is 39.3 Å². The minimum absolute atomic E-state index is 0.693. The lowest BCUT2D eigenvalue weighted by atomic mass is 10.1. The molecule has 0 bridgehead atoms. The average molecular weight is 327 g/mol. The molecule has 134 valence electrons. The van der Waals surface area contributed by atoms with Crippen LogP contribution >= 0.6 is 0 Å². The fourth-order valence-corrected chi connectivity index (χ4v) is 2.19. The van der Waals surface area contributed by atoms with Crippen LogP contribution in [0.15, 0.2) is 12.8 Å². The summed E-state index contributed by atoms with van der Waals surface area (Å²) in [5, 5.41) is 0. The van der Waals surface area contributed by atoms with Gasteiger partial charge in [-0.3, -0.25) is 9.59 Å². The van der Waals surface area contributed by atoms with E-state index in [0.29, 0.717) is 13.2 Å². The van der Waals surface area contributed by atoms with E-state index in [1.54, 1.807) is 4.90 Å². The van der Waals surface area contributed by atoms with Gasteiger partial charge in [0.2, 0.25) is 12.8 Å². The summed E-state index contributed by atoms with van der Waals surface area (Å²) in [6.45, 7) is 14.8. The van der Waals surface area contributed by atoms with Crippen LogP contribution in [-0.4, -0.2) is 80.0 Å². The van der Waals surface area contributed by atoms with Crippen molar-refractivity contribution in [1.82, 2.24) is 14.7 Å². The molecule has 2 rings (SSSR count). The largest absolute Gasteiger partial charge is 0.378 e. The first-order valence-corrected chi connectivity index (χ1v) is 8.54. The molecule has 0 saturated carbocycles. The zero-order valence-corrected chi connectivity index (χ0v) is 14.8. The highest BCUT2D eigenvalue weighted by atomic mass is 16.5. The number of ether oxygens (including phenoxy) is 1. The van der Waals surface area contributed by atoms with Gasteiger partial charge < -0.3 is 19.4 Å². The minimum atomic E-state index is 0.693. The number of hydrogen-bond donors (Lipinski definition) is 0. The van der Waals surface area contributed by atoms with Gasteiger partial charge in [-0.15, -0.1) is 0 Å². The van der Waals surface area contributed by atoms with E-state index in [4.69, 9.17) is 4.74 Å². The number of carbonyl (C=O) groups excluding carboxylic acids is 2. The van der Waals surface area contributed by atoms with Crippen molar-refractivity contribution in [2.45, 2.75) is 33.1 Å². The van der Waals surface area contributed by atoms with E-state index in [0.717, 1.165) is 52.1 Å². The highest BCUT2D eigenvalue weighted by Gasteiger charge is 2.05. The Morgan fingerprint density at radius 3 is 1.65 bits per heavy atom. The first-order valence-electron chi connectivity index (χ1n) is 8.54. The molecule has 2 fully saturated rings. The molecule has 0 atom stereocenters. The summed E-state index contributed by atoms with van der Waals surface area (Å²) in [6, 6.07) is 0. The number of piperidine rings is 1. The summed E-state index contributed by atoms with van der Waals surface area (Å²) in [4.78, 5) is 25.8. The van der Waals surface area contributed by atoms with Crippen LogP contribution in [0.1, 0.15) is 33.1 Å². The summed E-state index contributed by atoms with van der Waals surface area (Å²) in [6.07, 6.45) is 7.35. The molecule has 2 amide bonds. The van der Waals surface area contributed by atoms with E-state index < -0.39 is 0 Å². The molecule has 0 N–H and O–H groups in total. The predicted molar refractivity (Wildman–Crippen MR) is 93.1 cm³/mol. The summed E-state index contributed by atoms with van der Waals surface area (Å²) < 4.78 is 5.00. The van der Waals surface area contributed by atoms with Crippen molar-refractivity contribution < 1.29 is 14.3 Å². The van der Waals surface area contributed by atoms with E-state index in [1.165, 1.54) is 19.3 Å². The van der Waals surface area contributed by atoms with Gasteiger partial charge in [0.15, 0.2) is 0 Å². The van der Waals surface area contributed by atoms with Gasteiger partial charge in [-0.1, -0.05) is 6.58 Å². The molecule has 2 aliphatic heterocycles. The van der Waals surface area contributed by atoms with Crippen molar-refractivity contribution in [3.63, 3.8) is 0 Å². The Hall–Kier alpha value is -1.56. The van der Waals surface area contributed by atoms with Crippen molar-refractivity contribution in [2.24, 2.45) is 0 Å². The van der Waals surface area contributed by atoms with Gasteiger partial charge in [0.25, 0.3) is 0 Å². The lowest BCUT2D eigenvalue weighted by molar-refractivity contribution is -0.122. The van der Waals surface area contributed by atoms with Crippen molar-refractivity contribution in [3.8, 4) is 0 Å². The van der Waals surface area contributed by atoms with Crippen molar-refractivity contribution in [3.05, 3.63) is 12.8 Å². The van der Waals surface area contributed by atoms with Crippen LogP contribution in [0.4, 0.5) is 0 Å². The van der Waals surface area contributed by atoms with E-state index in [2.05, 4.69) is 25.3 Å². The van der Waals surface area contributed by atoms with Gasteiger partial charge in [0.1, 0.15) is 0 Å². The highest BCUT2D eigenvalue weighted by molar-refractivity contribution is 5.47. The van der Waals surface area contributed by atoms with Crippen molar-refractivity contribution in [2.75, 3.05) is 52.5 Å². The number of morpholine rings is 1.